The molecule has 1 aliphatic heterocycles. The molecule has 0 bridgehead atoms. The van der Waals surface area contributed by atoms with Crippen molar-refractivity contribution < 1.29 is 28.6 Å². The quantitative estimate of drug-likeness (QED) is 0.539. The Bertz CT molecular complexity index is 1070. The Morgan fingerprint density at radius 2 is 1.80 bits per heavy atom. The molecule has 30 heavy (non-hydrogen) atoms. The van der Waals surface area contributed by atoms with Crippen molar-refractivity contribution in [3.63, 3.8) is 0 Å². The summed E-state index contributed by atoms with van der Waals surface area (Å²) in [5, 5.41) is 8.38. The van der Waals surface area contributed by atoms with Gasteiger partial charge in [-0.05, 0) is 53.2 Å². The van der Waals surface area contributed by atoms with E-state index in [0.29, 0.717) is 11.1 Å². The Balaban J connectivity index is 1.82. The number of imide groups is 1. The van der Waals surface area contributed by atoms with E-state index in [1.807, 2.05) is 0 Å². The maximum absolute atomic E-state index is 13.2. The highest BCUT2D eigenvalue weighted by Gasteiger charge is 2.35. The largest absolute Gasteiger partial charge is 0.479 e. The lowest BCUT2D eigenvalue weighted by atomic mass is 10.2. The van der Waals surface area contributed by atoms with Crippen molar-refractivity contribution in [1.29, 1.82) is 0 Å². The number of rotatable bonds is 6. The number of carboxylic acids is 1. The van der Waals surface area contributed by atoms with E-state index in [1.54, 1.807) is 0 Å². The number of aliphatic carboxylic acids is 1. The van der Waals surface area contributed by atoms with Crippen molar-refractivity contribution in [1.82, 2.24) is 4.90 Å². The summed E-state index contributed by atoms with van der Waals surface area (Å²) in [6.07, 6.45) is 1.43. The van der Waals surface area contributed by atoms with E-state index < -0.39 is 29.5 Å². The first kappa shape index (κ1) is 22.4. The topological polar surface area (TPSA) is 83.9 Å². The Morgan fingerprint density at radius 3 is 2.40 bits per heavy atom. The van der Waals surface area contributed by atoms with E-state index in [1.165, 1.54) is 30.3 Å². The van der Waals surface area contributed by atoms with Gasteiger partial charge in [0.05, 0.1) is 21.5 Å². The summed E-state index contributed by atoms with van der Waals surface area (Å²) >= 11 is 18.9. The molecule has 11 heteroatoms. The van der Waals surface area contributed by atoms with Gasteiger partial charge in [0.1, 0.15) is 5.82 Å². The zero-order valence-corrected chi connectivity index (χ0v) is 17.9. The van der Waals surface area contributed by atoms with E-state index in [4.69, 9.17) is 44.6 Å². The highest BCUT2D eigenvalue weighted by atomic mass is 35.5. The van der Waals surface area contributed by atoms with Gasteiger partial charge in [0, 0.05) is 5.02 Å². The van der Waals surface area contributed by atoms with Crippen molar-refractivity contribution in [2.24, 2.45) is 0 Å². The predicted molar refractivity (Wildman–Crippen MR) is 113 cm³/mol. The Kier molecular flexibility index (Phi) is 6.92. The minimum Gasteiger partial charge on any atom is -0.479 e. The molecule has 0 atom stereocenters. The molecular weight excluding hydrogens is 480 g/mol. The number of nitrogens with zero attached hydrogens (tertiary/aromatic N) is 1. The number of carbonyl (C=O) groups is 3. The van der Waals surface area contributed by atoms with Crippen LogP contribution in [0.1, 0.15) is 11.1 Å². The molecule has 1 fully saturated rings. The molecule has 0 unspecified atom stereocenters. The first-order valence-electron chi connectivity index (χ1n) is 8.18. The van der Waals surface area contributed by atoms with Crippen molar-refractivity contribution >= 4 is 69.8 Å². The summed E-state index contributed by atoms with van der Waals surface area (Å²) < 4.78 is 18.2. The normalized spacial score (nSPS) is 15.2. The van der Waals surface area contributed by atoms with E-state index >= 15 is 0 Å². The monoisotopic (exact) mass is 489 g/mol. The molecule has 2 amide bonds. The third-order valence-electron chi connectivity index (χ3n) is 3.88. The van der Waals surface area contributed by atoms with Gasteiger partial charge in [-0.3, -0.25) is 14.5 Å². The SMILES string of the molecule is O=C(O)COc1c(Cl)cc(/C=C2\SC(=O)N(Cc3ccc(F)cc3Cl)C2=O)cc1Cl. The lowest BCUT2D eigenvalue weighted by molar-refractivity contribution is -0.139. The fourth-order valence-corrected chi connectivity index (χ4v) is 4.22. The number of halogens is 4. The lowest BCUT2D eigenvalue weighted by Crippen LogP contribution is -2.27. The van der Waals surface area contributed by atoms with Gasteiger partial charge in [-0.2, -0.15) is 0 Å². The van der Waals surface area contributed by atoms with Gasteiger partial charge in [-0.25, -0.2) is 9.18 Å². The molecule has 1 saturated heterocycles. The van der Waals surface area contributed by atoms with Crippen LogP contribution < -0.4 is 4.74 Å². The molecule has 0 saturated carbocycles. The molecule has 0 aromatic heterocycles. The van der Waals surface area contributed by atoms with Crippen molar-refractivity contribution in [3.05, 3.63) is 67.2 Å². The molecule has 0 spiro atoms. The van der Waals surface area contributed by atoms with Gasteiger partial charge in [0.25, 0.3) is 11.1 Å². The average Bonchev–Trinajstić information content (AvgIpc) is 2.90. The number of benzene rings is 2. The number of thioether (sulfide) groups is 1. The first-order valence-corrected chi connectivity index (χ1v) is 10.1. The van der Waals surface area contributed by atoms with Crippen molar-refractivity contribution in [2.45, 2.75) is 6.54 Å². The molecule has 0 radical (unpaired) electrons. The number of amides is 2. The molecule has 1 heterocycles. The van der Waals surface area contributed by atoms with Gasteiger partial charge in [-0.15, -0.1) is 0 Å². The van der Waals surface area contributed by atoms with E-state index in [-0.39, 0.29) is 32.3 Å². The zero-order valence-electron chi connectivity index (χ0n) is 14.8. The second-order valence-corrected chi connectivity index (χ2v) is 8.21. The number of carboxylic acid groups (broad SMARTS) is 1. The summed E-state index contributed by atoms with van der Waals surface area (Å²) in [5.41, 5.74) is 0.839. The average molecular weight is 491 g/mol. The minimum absolute atomic E-state index is 0.00283. The maximum atomic E-state index is 13.2. The summed E-state index contributed by atoms with van der Waals surface area (Å²) in [6.45, 7) is -0.728. The van der Waals surface area contributed by atoms with Gasteiger partial charge in [0.15, 0.2) is 12.4 Å². The van der Waals surface area contributed by atoms with Gasteiger partial charge < -0.3 is 9.84 Å². The van der Waals surface area contributed by atoms with Crippen LogP contribution in [0, 0.1) is 5.82 Å². The number of ether oxygens (including phenoxy) is 1. The van der Waals surface area contributed by atoms with E-state index in [9.17, 15) is 18.8 Å². The summed E-state index contributed by atoms with van der Waals surface area (Å²) in [4.78, 5) is 36.7. The van der Waals surface area contributed by atoms with Crippen molar-refractivity contribution in [3.8, 4) is 5.75 Å². The minimum atomic E-state index is -1.19. The molecule has 0 aliphatic carbocycles. The Morgan fingerprint density at radius 1 is 1.13 bits per heavy atom. The second kappa shape index (κ2) is 9.26. The number of hydrogen-bond donors (Lipinski definition) is 1. The van der Waals surface area contributed by atoms with E-state index in [0.717, 1.165) is 22.7 Å². The van der Waals surface area contributed by atoms with Crippen LogP contribution in [0.3, 0.4) is 0 Å². The zero-order chi connectivity index (χ0) is 22.0. The fraction of sp³-hybridized carbons (Fsp3) is 0.105. The lowest BCUT2D eigenvalue weighted by Gasteiger charge is -2.13. The van der Waals surface area contributed by atoms with Crippen LogP contribution in [0.2, 0.25) is 15.1 Å². The van der Waals surface area contributed by atoms with Gasteiger partial charge in [0.2, 0.25) is 0 Å². The van der Waals surface area contributed by atoms with Crippen LogP contribution >= 0.6 is 46.6 Å². The van der Waals surface area contributed by atoms with Crippen LogP contribution in [0.15, 0.2) is 35.2 Å². The summed E-state index contributed by atoms with van der Waals surface area (Å²) in [5.74, 6) is -2.27. The fourth-order valence-electron chi connectivity index (χ4n) is 2.54. The molecule has 1 N–H and O–H groups in total. The Labute approximate surface area is 189 Å². The molecule has 2 aromatic rings. The summed E-state index contributed by atoms with van der Waals surface area (Å²) in [6, 6.07) is 6.54. The molecule has 3 rings (SSSR count). The highest BCUT2D eigenvalue weighted by Crippen LogP contribution is 2.38. The van der Waals surface area contributed by atoms with E-state index in [2.05, 4.69) is 0 Å². The standard InChI is InChI=1S/C19H11Cl3FNO5S/c20-12-6-11(23)2-1-10(12)7-24-18(27)15(30-19(24)28)5-9-3-13(21)17(14(22)4-9)29-8-16(25)26/h1-6H,7-8H2,(H,25,26)/b15-5-. The molecule has 156 valence electrons. The third-order valence-corrected chi connectivity index (χ3v) is 5.70. The molecule has 6 nitrogen and oxygen atoms in total. The van der Waals surface area contributed by atoms with Crippen LogP contribution in [0.25, 0.3) is 6.08 Å². The van der Waals surface area contributed by atoms with Crippen LogP contribution in [0.5, 0.6) is 5.75 Å². The van der Waals surface area contributed by atoms with Gasteiger partial charge in [-0.1, -0.05) is 40.9 Å². The number of hydrogen-bond acceptors (Lipinski definition) is 5. The van der Waals surface area contributed by atoms with Crippen LogP contribution in [-0.2, 0) is 16.1 Å². The molecule has 2 aromatic carbocycles. The van der Waals surface area contributed by atoms with Crippen LogP contribution in [-0.4, -0.2) is 33.7 Å². The van der Waals surface area contributed by atoms with Crippen molar-refractivity contribution in [2.75, 3.05) is 6.61 Å². The first-order chi connectivity index (χ1) is 14.2. The van der Waals surface area contributed by atoms with Gasteiger partial charge >= 0.3 is 5.97 Å². The predicted octanol–water partition coefficient (Wildman–Crippen LogP) is 5.49. The highest BCUT2D eigenvalue weighted by molar-refractivity contribution is 8.18. The second-order valence-electron chi connectivity index (χ2n) is 6.00. The molecular formula is C19H11Cl3FNO5S. The Hall–Kier alpha value is -2.26. The maximum Gasteiger partial charge on any atom is 0.341 e. The smallest absolute Gasteiger partial charge is 0.341 e. The third kappa shape index (κ3) is 5.07. The number of carbonyl (C=O) groups excluding carboxylic acids is 2. The van der Waals surface area contributed by atoms with Crippen LogP contribution in [0.4, 0.5) is 9.18 Å². The summed E-state index contributed by atoms with van der Waals surface area (Å²) in [7, 11) is 0. The molecule has 1 aliphatic rings.